The Bertz CT molecular complexity index is 428. The molecule has 6 heteroatoms. The SMILES string of the molecule is CCCC(CCO)CNS(=O)(=O)c1cccnc1. The Morgan fingerprint density at radius 1 is 1.44 bits per heavy atom. The first-order valence-corrected chi connectivity index (χ1v) is 7.59. The fourth-order valence-electron chi connectivity index (χ4n) is 1.76. The van der Waals surface area contributed by atoms with Crippen molar-refractivity contribution in [2.75, 3.05) is 13.2 Å². The molecule has 0 aromatic carbocycles. The predicted octanol–water partition coefficient (Wildman–Crippen LogP) is 1.16. The Balaban J connectivity index is 2.61. The summed E-state index contributed by atoms with van der Waals surface area (Å²) in [4.78, 5) is 3.96. The lowest BCUT2D eigenvalue weighted by Crippen LogP contribution is -2.30. The van der Waals surface area contributed by atoms with E-state index in [1.165, 1.54) is 18.5 Å². The third-order valence-corrected chi connectivity index (χ3v) is 4.15. The molecular weight excluding hydrogens is 252 g/mol. The van der Waals surface area contributed by atoms with Gasteiger partial charge in [0.15, 0.2) is 0 Å². The van der Waals surface area contributed by atoms with E-state index in [1.54, 1.807) is 6.07 Å². The van der Waals surface area contributed by atoms with E-state index < -0.39 is 10.0 Å². The van der Waals surface area contributed by atoms with Crippen molar-refractivity contribution in [3.8, 4) is 0 Å². The predicted molar refractivity (Wildman–Crippen MR) is 69.5 cm³/mol. The third-order valence-electron chi connectivity index (χ3n) is 2.74. The van der Waals surface area contributed by atoms with Gasteiger partial charge in [0, 0.05) is 25.5 Å². The minimum absolute atomic E-state index is 0.0826. The normalized spacial score (nSPS) is 13.4. The average molecular weight is 272 g/mol. The van der Waals surface area contributed by atoms with E-state index in [9.17, 15) is 8.42 Å². The summed E-state index contributed by atoms with van der Waals surface area (Å²) in [6, 6.07) is 3.10. The summed E-state index contributed by atoms with van der Waals surface area (Å²) in [6.45, 7) is 2.48. The molecule has 0 aliphatic heterocycles. The quantitative estimate of drug-likeness (QED) is 0.744. The monoisotopic (exact) mass is 272 g/mol. The maximum atomic E-state index is 11.9. The van der Waals surface area contributed by atoms with E-state index >= 15 is 0 Å². The molecule has 1 unspecified atom stereocenters. The number of aromatic nitrogens is 1. The second kappa shape index (κ2) is 7.45. The molecule has 0 amide bonds. The van der Waals surface area contributed by atoms with Gasteiger partial charge in [-0.2, -0.15) is 0 Å². The number of aliphatic hydroxyl groups is 1. The number of nitrogens with zero attached hydrogens (tertiary/aromatic N) is 1. The molecule has 0 saturated carbocycles. The first-order chi connectivity index (χ1) is 8.60. The van der Waals surface area contributed by atoms with Crippen molar-refractivity contribution in [1.29, 1.82) is 0 Å². The molecule has 0 fully saturated rings. The highest BCUT2D eigenvalue weighted by Gasteiger charge is 2.16. The molecule has 1 aromatic rings. The third kappa shape index (κ3) is 4.72. The van der Waals surface area contributed by atoms with E-state index in [0.29, 0.717) is 13.0 Å². The lowest BCUT2D eigenvalue weighted by Gasteiger charge is -2.15. The van der Waals surface area contributed by atoms with Gasteiger partial charge in [-0.25, -0.2) is 13.1 Å². The Labute approximate surface area is 108 Å². The first kappa shape index (κ1) is 15.1. The Morgan fingerprint density at radius 2 is 2.22 bits per heavy atom. The fourth-order valence-corrected chi connectivity index (χ4v) is 2.84. The lowest BCUT2D eigenvalue weighted by molar-refractivity contribution is 0.251. The van der Waals surface area contributed by atoms with Crippen molar-refractivity contribution in [1.82, 2.24) is 9.71 Å². The van der Waals surface area contributed by atoms with E-state index in [1.807, 2.05) is 6.92 Å². The van der Waals surface area contributed by atoms with Gasteiger partial charge >= 0.3 is 0 Å². The van der Waals surface area contributed by atoms with Crippen molar-refractivity contribution in [2.45, 2.75) is 31.1 Å². The summed E-state index contributed by atoms with van der Waals surface area (Å²) in [5, 5.41) is 8.92. The largest absolute Gasteiger partial charge is 0.396 e. The molecule has 18 heavy (non-hydrogen) atoms. The van der Waals surface area contributed by atoms with Crippen LogP contribution in [0.15, 0.2) is 29.4 Å². The molecule has 0 aliphatic rings. The smallest absolute Gasteiger partial charge is 0.242 e. The van der Waals surface area contributed by atoms with E-state index in [-0.39, 0.29) is 17.4 Å². The second-order valence-corrected chi connectivity index (χ2v) is 5.97. The number of aliphatic hydroxyl groups excluding tert-OH is 1. The van der Waals surface area contributed by atoms with Crippen molar-refractivity contribution in [2.24, 2.45) is 5.92 Å². The first-order valence-electron chi connectivity index (χ1n) is 6.10. The summed E-state index contributed by atoms with van der Waals surface area (Å²) in [7, 11) is -3.49. The van der Waals surface area contributed by atoms with E-state index in [0.717, 1.165) is 12.8 Å². The van der Waals surface area contributed by atoms with Crippen LogP contribution in [0.5, 0.6) is 0 Å². The number of pyridine rings is 1. The number of nitrogens with one attached hydrogen (secondary N) is 1. The fraction of sp³-hybridized carbons (Fsp3) is 0.583. The van der Waals surface area contributed by atoms with Crippen LogP contribution in [-0.2, 0) is 10.0 Å². The van der Waals surface area contributed by atoms with Crippen LogP contribution in [0, 0.1) is 5.92 Å². The van der Waals surface area contributed by atoms with Crippen molar-refractivity contribution < 1.29 is 13.5 Å². The zero-order chi connectivity index (χ0) is 13.4. The zero-order valence-corrected chi connectivity index (χ0v) is 11.4. The molecule has 0 spiro atoms. The van der Waals surface area contributed by atoms with Gasteiger partial charge < -0.3 is 5.11 Å². The minimum Gasteiger partial charge on any atom is -0.396 e. The molecule has 1 aromatic heterocycles. The average Bonchev–Trinajstić information content (AvgIpc) is 2.38. The minimum atomic E-state index is -3.49. The summed E-state index contributed by atoms with van der Waals surface area (Å²) in [5.41, 5.74) is 0. The van der Waals surface area contributed by atoms with Crippen LogP contribution in [0.1, 0.15) is 26.2 Å². The van der Waals surface area contributed by atoms with Gasteiger partial charge in [0.1, 0.15) is 4.90 Å². The van der Waals surface area contributed by atoms with Gasteiger partial charge in [-0.1, -0.05) is 13.3 Å². The summed E-state index contributed by atoms with van der Waals surface area (Å²) < 4.78 is 26.4. The molecule has 0 bridgehead atoms. The Hall–Kier alpha value is -0.980. The van der Waals surface area contributed by atoms with Crippen LogP contribution >= 0.6 is 0 Å². The molecule has 1 heterocycles. The molecule has 0 radical (unpaired) electrons. The highest BCUT2D eigenvalue weighted by Crippen LogP contribution is 2.12. The molecule has 1 atom stereocenters. The van der Waals surface area contributed by atoms with Crippen LogP contribution in [-0.4, -0.2) is 31.7 Å². The van der Waals surface area contributed by atoms with Gasteiger partial charge in [0.25, 0.3) is 0 Å². The maximum Gasteiger partial charge on any atom is 0.242 e. The highest BCUT2D eigenvalue weighted by molar-refractivity contribution is 7.89. The summed E-state index contributed by atoms with van der Waals surface area (Å²) in [6.07, 6.45) is 5.34. The van der Waals surface area contributed by atoms with Crippen LogP contribution < -0.4 is 4.72 Å². The van der Waals surface area contributed by atoms with Crippen molar-refractivity contribution in [3.63, 3.8) is 0 Å². The van der Waals surface area contributed by atoms with Crippen LogP contribution in [0.25, 0.3) is 0 Å². The molecule has 1 rings (SSSR count). The highest BCUT2D eigenvalue weighted by atomic mass is 32.2. The van der Waals surface area contributed by atoms with Gasteiger partial charge in [-0.15, -0.1) is 0 Å². The maximum absolute atomic E-state index is 11.9. The Morgan fingerprint density at radius 3 is 2.78 bits per heavy atom. The molecule has 0 saturated heterocycles. The molecule has 2 N–H and O–H groups in total. The van der Waals surface area contributed by atoms with Crippen molar-refractivity contribution in [3.05, 3.63) is 24.5 Å². The number of hydrogen-bond acceptors (Lipinski definition) is 4. The van der Waals surface area contributed by atoms with Crippen LogP contribution in [0.4, 0.5) is 0 Å². The summed E-state index contributed by atoms with van der Waals surface area (Å²) >= 11 is 0. The van der Waals surface area contributed by atoms with Crippen LogP contribution in [0.2, 0.25) is 0 Å². The molecule has 0 aliphatic carbocycles. The summed E-state index contributed by atoms with van der Waals surface area (Å²) in [5.74, 6) is 0.173. The van der Waals surface area contributed by atoms with Gasteiger partial charge in [-0.3, -0.25) is 4.98 Å². The van der Waals surface area contributed by atoms with Gasteiger partial charge in [0.05, 0.1) is 0 Å². The van der Waals surface area contributed by atoms with E-state index in [2.05, 4.69) is 9.71 Å². The van der Waals surface area contributed by atoms with Crippen molar-refractivity contribution >= 4 is 10.0 Å². The van der Waals surface area contributed by atoms with E-state index in [4.69, 9.17) is 5.11 Å². The second-order valence-electron chi connectivity index (χ2n) is 4.21. The topological polar surface area (TPSA) is 79.3 Å². The molecular formula is C12H20N2O3S. The van der Waals surface area contributed by atoms with Gasteiger partial charge in [-0.05, 0) is 30.9 Å². The zero-order valence-electron chi connectivity index (χ0n) is 10.5. The number of hydrogen-bond donors (Lipinski definition) is 2. The standard InChI is InChI=1S/C12H20N2O3S/c1-2-4-11(6-8-15)9-14-18(16,17)12-5-3-7-13-10-12/h3,5,7,10-11,14-15H,2,4,6,8-9H2,1H3. The lowest BCUT2D eigenvalue weighted by atomic mass is 10.0. The van der Waals surface area contributed by atoms with Gasteiger partial charge in [0.2, 0.25) is 10.0 Å². The molecule has 5 nitrogen and oxygen atoms in total. The number of rotatable bonds is 8. The molecule has 102 valence electrons. The number of sulfonamides is 1. The Kier molecular flexibility index (Phi) is 6.24. The van der Waals surface area contributed by atoms with Crippen LogP contribution in [0.3, 0.4) is 0 Å².